The van der Waals surface area contributed by atoms with Crippen LogP contribution < -0.4 is 20.1 Å². The Morgan fingerprint density at radius 1 is 0.632 bits per heavy atom. The van der Waals surface area contributed by atoms with Gasteiger partial charge in [0, 0.05) is 0 Å². The summed E-state index contributed by atoms with van der Waals surface area (Å²) in [7, 11) is 5.38. The molecule has 10 nitrogen and oxygen atoms in total. The number of amides is 2. The number of carbonyl (C=O) groups is 4. The lowest BCUT2D eigenvalue weighted by Gasteiger charge is -2.14. The molecular formula is C28H26N2O8. The molecule has 3 rings (SSSR count). The minimum atomic E-state index is -0.816. The molecule has 2 N–H and O–H groups in total. The minimum Gasteiger partial charge on any atom is -0.493 e. The zero-order valence-electron chi connectivity index (χ0n) is 21.2. The largest absolute Gasteiger partial charge is 0.493 e. The van der Waals surface area contributed by atoms with Gasteiger partial charge in [0.2, 0.25) is 0 Å². The van der Waals surface area contributed by atoms with Crippen LogP contribution >= 0.6 is 0 Å². The summed E-state index contributed by atoms with van der Waals surface area (Å²) in [4.78, 5) is 51.2. The van der Waals surface area contributed by atoms with Gasteiger partial charge in [0.15, 0.2) is 11.5 Å². The highest BCUT2D eigenvalue weighted by Crippen LogP contribution is 2.29. The van der Waals surface area contributed by atoms with Gasteiger partial charge in [-0.15, -0.1) is 0 Å². The van der Waals surface area contributed by atoms with E-state index in [1.807, 2.05) is 0 Å². The highest BCUT2D eigenvalue weighted by Gasteiger charge is 2.23. The Labute approximate surface area is 219 Å². The van der Waals surface area contributed by atoms with Gasteiger partial charge in [-0.2, -0.15) is 0 Å². The van der Waals surface area contributed by atoms with E-state index in [4.69, 9.17) is 18.9 Å². The fourth-order valence-electron chi connectivity index (χ4n) is 3.48. The van der Waals surface area contributed by atoms with Crippen LogP contribution in [0.1, 0.15) is 26.3 Å². The summed E-state index contributed by atoms with van der Waals surface area (Å²) < 4.78 is 20.1. The maximum atomic E-state index is 13.4. The Hall–Kier alpha value is -5.12. The third-order valence-corrected chi connectivity index (χ3v) is 5.37. The molecule has 0 fully saturated rings. The van der Waals surface area contributed by atoms with Gasteiger partial charge >= 0.3 is 11.9 Å². The normalized spacial score (nSPS) is 10.0. The number of esters is 2. The molecule has 3 aromatic rings. The predicted molar refractivity (Wildman–Crippen MR) is 140 cm³/mol. The van der Waals surface area contributed by atoms with E-state index >= 15 is 0 Å². The van der Waals surface area contributed by atoms with Gasteiger partial charge in [0.1, 0.15) is 5.57 Å². The lowest BCUT2D eigenvalue weighted by molar-refractivity contribution is -0.118. The molecule has 0 saturated carbocycles. The van der Waals surface area contributed by atoms with Crippen LogP contribution in [-0.4, -0.2) is 52.2 Å². The Morgan fingerprint density at radius 3 is 1.55 bits per heavy atom. The van der Waals surface area contributed by atoms with Crippen LogP contribution in [0.4, 0.5) is 11.4 Å². The van der Waals surface area contributed by atoms with Crippen LogP contribution in [0, 0.1) is 0 Å². The lowest BCUT2D eigenvalue weighted by atomic mass is 10.1. The summed E-state index contributed by atoms with van der Waals surface area (Å²) in [6.45, 7) is 0. The van der Waals surface area contributed by atoms with Crippen LogP contribution in [0.2, 0.25) is 0 Å². The van der Waals surface area contributed by atoms with E-state index in [9.17, 15) is 19.2 Å². The summed E-state index contributed by atoms with van der Waals surface area (Å²) in [6, 6.07) is 17.3. The average molecular weight is 519 g/mol. The van der Waals surface area contributed by atoms with E-state index in [1.165, 1.54) is 58.8 Å². The summed E-state index contributed by atoms with van der Waals surface area (Å²) in [6.07, 6.45) is 1.34. The zero-order valence-corrected chi connectivity index (χ0v) is 21.2. The molecule has 0 radical (unpaired) electrons. The molecule has 0 spiro atoms. The van der Waals surface area contributed by atoms with Gasteiger partial charge in [-0.1, -0.05) is 30.3 Å². The minimum absolute atomic E-state index is 0.102. The molecule has 2 amide bonds. The lowest BCUT2D eigenvalue weighted by Crippen LogP contribution is -2.26. The highest BCUT2D eigenvalue weighted by molar-refractivity contribution is 6.29. The molecule has 0 bridgehead atoms. The summed E-state index contributed by atoms with van der Waals surface area (Å²) in [5.74, 6) is -2.12. The molecule has 10 heteroatoms. The average Bonchev–Trinajstić information content (AvgIpc) is 2.95. The number of ether oxygens (including phenoxy) is 4. The number of para-hydroxylation sites is 2. The Balaban J connectivity index is 2.05. The fourth-order valence-corrected chi connectivity index (χ4v) is 3.48. The van der Waals surface area contributed by atoms with Crippen molar-refractivity contribution < 1.29 is 38.1 Å². The second-order valence-electron chi connectivity index (χ2n) is 7.66. The monoisotopic (exact) mass is 518 g/mol. The van der Waals surface area contributed by atoms with Crippen LogP contribution in [0.5, 0.6) is 11.5 Å². The van der Waals surface area contributed by atoms with Crippen molar-refractivity contribution in [2.75, 3.05) is 39.1 Å². The van der Waals surface area contributed by atoms with E-state index in [0.29, 0.717) is 17.1 Å². The molecule has 38 heavy (non-hydrogen) atoms. The SMILES string of the molecule is COC(=O)c1ccccc1NC(=O)C(=Cc1ccc(OC)c(OC)c1)C(=O)Nc1ccccc1C(=O)OC. The molecule has 0 aliphatic rings. The third kappa shape index (κ3) is 6.35. The standard InChI is InChI=1S/C28H26N2O8/c1-35-23-14-13-17(16-24(23)36-2)15-20(25(31)29-21-11-7-5-9-18(21)27(33)37-3)26(32)30-22-12-8-6-10-19(22)28(34)38-4/h5-16H,1-4H3,(H,29,31)(H,30,32). The molecular weight excluding hydrogens is 492 g/mol. The maximum absolute atomic E-state index is 13.4. The van der Waals surface area contributed by atoms with Crippen LogP contribution in [0.3, 0.4) is 0 Å². The van der Waals surface area contributed by atoms with Crippen LogP contribution in [-0.2, 0) is 19.1 Å². The molecule has 0 atom stereocenters. The predicted octanol–water partition coefficient (Wildman–Crippen LogP) is 3.94. The molecule has 0 aliphatic carbocycles. The molecule has 3 aromatic carbocycles. The second-order valence-corrected chi connectivity index (χ2v) is 7.66. The number of benzene rings is 3. The number of hydrogen-bond acceptors (Lipinski definition) is 8. The number of rotatable bonds is 9. The quantitative estimate of drug-likeness (QED) is 0.189. The van der Waals surface area contributed by atoms with Crippen molar-refractivity contribution in [2.45, 2.75) is 0 Å². The first kappa shape index (κ1) is 27.5. The van der Waals surface area contributed by atoms with E-state index in [0.717, 1.165) is 0 Å². The molecule has 0 aliphatic heterocycles. The summed E-state index contributed by atoms with van der Waals surface area (Å²) in [5.41, 5.74) is 0.619. The summed E-state index contributed by atoms with van der Waals surface area (Å²) >= 11 is 0. The first-order chi connectivity index (χ1) is 18.3. The number of anilines is 2. The van der Waals surface area contributed by atoms with Gasteiger partial charge in [-0.05, 0) is 48.0 Å². The van der Waals surface area contributed by atoms with Gasteiger partial charge in [-0.3, -0.25) is 9.59 Å². The van der Waals surface area contributed by atoms with Crippen molar-refractivity contribution in [3.8, 4) is 11.5 Å². The molecule has 196 valence electrons. The number of nitrogens with one attached hydrogen (secondary N) is 2. The van der Waals surface area contributed by atoms with Crippen molar-refractivity contribution in [1.82, 2.24) is 0 Å². The number of carbonyl (C=O) groups excluding carboxylic acids is 4. The van der Waals surface area contributed by atoms with Crippen molar-refractivity contribution in [1.29, 1.82) is 0 Å². The van der Waals surface area contributed by atoms with Gasteiger partial charge in [0.05, 0.1) is 50.9 Å². The molecule has 0 aromatic heterocycles. The molecule has 0 saturated heterocycles. The third-order valence-electron chi connectivity index (χ3n) is 5.37. The van der Waals surface area contributed by atoms with Crippen LogP contribution in [0.25, 0.3) is 6.08 Å². The van der Waals surface area contributed by atoms with Crippen molar-refractivity contribution in [3.05, 3.63) is 89.0 Å². The van der Waals surface area contributed by atoms with Crippen LogP contribution in [0.15, 0.2) is 72.3 Å². The van der Waals surface area contributed by atoms with Gasteiger partial charge in [0.25, 0.3) is 11.8 Å². The highest BCUT2D eigenvalue weighted by atomic mass is 16.5. The van der Waals surface area contributed by atoms with Crippen molar-refractivity contribution in [3.63, 3.8) is 0 Å². The fraction of sp³-hybridized carbons (Fsp3) is 0.143. The topological polar surface area (TPSA) is 129 Å². The van der Waals surface area contributed by atoms with Crippen molar-refractivity contribution in [2.24, 2.45) is 0 Å². The zero-order chi connectivity index (χ0) is 27.7. The van der Waals surface area contributed by atoms with Gasteiger partial charge < -0.3 is 29.6 Å². The molecule has 0 heterocycles. The van der Waals surface area contributed by atoms with Gasteiger partial charge in [-0.25, -0.2) is 9.59 Å². The Bertz CT molecular complexity index is 1320. The van der Waals surface area contributed by atoms with Crippen molar-refractivity contribution >= 4 is 41.2 Å². The van der Waals surface area contributed by atoms with E-state index in [2.05, 4.69) is 10.6 Å². The first-order valence-electron chi connectivity index (χ1n) is 11.2. The number of hydrogen-bond donors (Lipinski definition) is 2. The van der Waals surface area contributed by atoms with E-state index < -0.39 is 23.8 Å². The Morgan fingerprint density at radius 2 is 1.11 bits per heavy atom. The van der Waals surface area contributed by atoms with E-state index in [1.54, 1.807) is 42.5 Å². The Kier molecular flexibility index (Phi) is 9.20. The summed E-state index contributed by atoms with van der Waals surface area (Å²) in [5, 5.41) is 5.19. The molecule has 0 unspecified atom stereocenters. The maximum Gasteiger partial charge on any atom is 0.339 e. The van der Waals surface area contributed by atoms with E-state index in [-0.39, 0.29) is 28.1 Å². The second kappa shape index (κ2) is 12.7. The smallest absolute Gasteiger partial charge is 0.339 e. The number of methoxy groups -OCH3 is 4. The first-order valence-corrected chi connectivity index (χ1v) is 11.2.